The molecule has 3 N–H and O–H groups in total. The van der Waals surface area contributed by atoms with Crippen LogP contribution in [0.3, 0.4) is 0 Å². The molecule has 0 fully saturated rings. The Balaban J connectivity index is 1.52. The number of rotatable bonds is 9. The Morgan fingerprint density at radius 1 is 1.08 bits per heavy atom. The van der Waals surface area contributed by atoms with E-state index in [1.54, 1.807) is 49.7 Å². The number of carbonyl (C=O) groups excluding carboxylic acids is 1. The molecule has 0 atom stereocenters. The number of aromatic nitrogens is 2. The van der Waals surface area contributed by atoms with Crippen molar-refractivity contribution in [3.63, 3.8) is 0 Å². The van der Waals surface area contributed by atoms with E-state index in [9.17, 15) is 10.1 Å². The predicted molar refractivity (Wildman–Crippen MR) is 147 cm³/mol. The maximum atomic E-state index is 12.2. The number of carbonyl (C=O) groups is 1. The molecule has 0 saturated carbocycles. The molecule has 9 heteroatoms. The molecule has 0 aliphatic rings. The quantitative estimate of drug-likeness (QED) is 0.277. The van der Waals surface area contributed by atoms with E-state index in [2.05, 4.69) is 32.0 Å². The first-order valence-corrected chi connectivity index (χ1v) is 11.6. The van der Waals surface area contributed by atoms with Crippen LogP contribution < -0.4 is 20.7 Å². The van der Waals surface area contributed by atoms with Crippen molar-refractivity contribution < 1.29 is 9.53 Å². The van der Waals surface area contributed by atoms with Crippen molar-refractivity contribution in [2.75, 3.05) is 43.7 Å². The van der Waals surface area contributed by atoms with E-state index in [1.807, 2.05) is 49.3 Å². The third-order valence-electron chi connectivity index (χ3n) is 5.36. The van der Waals surface area contributed by atoms with Crippen molar-refractivity contribution >= 4 is 45.5 Å². The Bertz CT molecular complexity index is 1490. The van der Waals surface area contributed by atoms with Gasteiger partial charge in [-0.25, -0.2) is 4.98 Å². The molecule has 0 spiro atoms. The monoisotopic (exact) mass is 493 g/mol. The van der Waals surface area contributed by atoms with E-state index in [0.717, 1.165) is 16.5 Å². The minimum atomic E-state index is -0.229. The number of fused-ring (bicyclic) bond motifs is 1. The highest BCUT2D eigenvalue weighted by atomic mass is 16.5. The van der Waals surface area contributed by atoms with Crippen molar-refractivity contribution in [3.05, 3.63) is 84.6 Å². The summed E-state index contributed by atoms with van der Waals surface area (Å²) in [5.41, 5.74) is 2.50. The Morgan fingerprint density at radius 2 is 1.92 bits per heavy atom. The summed E-state index contributed by atoms with van der Waals surface area (Å²) < 4.78 is 5.46. The first-order valence-electron chi connectivity index (χ1n) is 11.6. The normalized spacial score (nSPS) is 10.9. The summed E-state index contributed by atoms with van der Waals surface area (Å²) in [5.74, 6) is 1.22. The molecule has 0 aliphatic heterocycles. The number of ether oxygens (including phenoxy) is 1. The third-order valence-corrected chi connectivity index (χ3v) is 5.36. The van der Waals surface area contributed by atoms with Crippen molar-refractivity contribution in [3.8, 4) is 11.8 Å². The van der Waals surface area contributed by atoms with Gasteiger partial charge in [-0.1, -0.05) is 30.3 Å². The molecule has 37 heavy (non-hydrogen) atoms. The summed E-state index contributed by atoms with van der Waals surface area (Å²) in [6.07, 6.45) is 4.91. The van der Waals surface area contributed by atoms with Gasteiger partial charge in [-0.15, -0.1) is 0 Å². The van der Waals surface area contributed by atoms with Crippen LogP contribution in [0, 0.1) is 11.3 Å². The van der Waals surface area contributed by atoms with Gasteiger partial charge in [-0.3, -0.25) is 4.79 Å². The van der Waals surface area contributed by atoms with Crippen LogP contribution in [0.2, 0.25) is 0 Å². The first-order chi connectivity index (χ1) is 17.9. The van der Waals surface area contributed by atoms with Crippen LogP contribution in [0.4, 0.5) is 28.8 Å². The molecule has 0 radical (unpaired) electrons. The number of nitrogens with one attached hydrogen (secondary N) is 3. The summed E-state index contributed by atoms with van der Waals surface area (Å²) in [6, 6.07) is 20.7. The van der Waals surface area contributed by atoms with Gasteiger partial charge in [0.25, 0.3) is 0 Å². The summed E-state index contributed by atoms with van der Waals surface area (Å²) in [4.78, 5) is 23.1. The minimum Gasteiger partial charge on any atom is -0.495 e. The van der Waals surface area contributed by atoms with Gasteiger partial charge in [0.2, 0.25) is 11.9 Å². The molecule has 0 bridgehead atoms. The zero-order chi connectivity index (χ0) is 26.2. The molecule has 0 saturated heterocycles. The van der Waals surface area contributed by atoms with Crippen LogP contribution in [-0.2, 0) is 4.79 Å². The number of amides is 1. The number of nitriles is 1. The molecule has 0 aliphatic carbocycles. The second-order valence-corrected chi connectivity index (χ2v) is 8.44. The smallest absolute Gasteiger partial charge is 0.248 e. The predicted octanol–water partition coefficient (Wildman–Crippen LogP) is 5.05. The SMILES string of the molecule is COc1ccc(NC(=O)/C=C/CN(C)C)cc1Nc1nccc(Nc2cc(C#N)c3ccccc3c2)n1. The van der Waals surface area contributed by atoms with Crippen molar-refractivity contribution in [2.45, 2.75) is 0 Å². The van der Waals surface area contributed by atoms with Gasteiger partial charge in [-0.05, 0) is 61.3 Å². The van der Waals surface area contributed by atoms with Crippen LogP contribution in [0.15, 0.2) is 79.0 Å². The summed E-state index contributed by atoms with van der Waals surface area (Å²) in [6.45, 7) is 0.668. The van der Waals surface area contributed by atoms with Gasteiger partial charge >= 0.3 is 0 Å². The van der Waals surface area contributed by atoms with Gasteiger partial charge in [0.05, 0.1) is 24.4 Å². The van der Waals surface area contributed by atoms with E-state index < -0.39 is 0 Å². The lowest BCUT2D eigenvalue weighted by Gasteiger charge is -2.13. The number of hydrogen-bond donors (Lipinski definition) is 3. The second kappa shape index (κ2) is 11.7. The fraction of sp³-hybridized carbons (Fsp3) is 0.143. The molecular formula is C28H27N7O2. The number of nitrogens with zero attached hydrogens (tertiary/aromatic N) is 4. The Kier molecular flexibility index (Phi) is 7.93. The number of benzene rings is 3. The summed E-state index contributed by atoms with van der Waals surface area (Å²) in [7, 11) is 5.43. The first kappa shape index (κ1) is 25.2. The van der Waals surface area contributed by atoms with E-state index >= 15 is 0 Å². The third kappa shape index (κ3) is 6.60. The zero-order valence-corrected chi connectivity index (χ0v) is 20.8. The molecule has 1 heterocycles. The molecule has 1 amide bonds. The van der Waals surface area contributed by atoms with Crippen molar-refractivity contribution in [1.29, 1.82) is 5.26 Å². The lowest BCUT2D eigenvalue weighted by Crippen LogP contribution is -2.13. The number of hydrogen-bond acceptors (Lipinski definition) is 8. The van der Waals surface area contributed by atoms with Gasteiger partial charge in [-0.2, -0.15) is 10.2 Å². The molecule has 3 aromatic carbocycles. The number of likely N-dealkylation sites (N-methyl/N-ethyl adjacent to an activating group) is 1. The van der Waals surface area contributed by atoms with Crippen LogP contribution >= 0.6 is 0 Å². The lowest BCUT2D eigenvalue weighted by molar-refractivity contribution is -0.111. The molecule has 9 nitrogen and oxygen atoms in total. The highest BCUT2D eigenvalue weighted by Crippen LogP contribution is 2.30. The van der Waals surface area contributed by atoms with Gasteiger partial charge in [0.15, 0.2) is 0 Å². The molecular weight excluding hydrogens is 466 g/mol. The Hall–Kier alpha value is -4.94. The minimum absolute atomic E-state index is 0.229. The van der Waals surface area contributed by atoms with Gasteiger partial charge in [0, 0.05) is 30.2 Å². The fourth-order valence-electron chi connectivity index (χ4n) is 3.67. The Morgan fingerprint density at radius 3 is 2.70 bits per heavy atom. The van der Waals surface area contributed by atoms with Crippen LogP contribution in [0.1, 0.15) is 5.56 Å². The van der Waals surface area contributed by atoms with E-state index in [-0.39, 0.29) is 5.91 Å². The van der Waals surface area contributed by atoms with Gasteiger partial charge in [0.1, 0.15) is 11.6 Å². The van der Waals surface area contributed by atoms with Crippen molar-refractivity contribution in [2.24, 2.45) is 0 Å². The molecule has 1 aromatic heterocycles. The highest BCUT2D eigenvalue weighted by Gasteiger charge is 2.10. The number of methoxy groups -OCH3 is 1. The topological polar surface area (TPSA) is 115 Å². The number of anilines is 5. The second-order valence-electron chi connectivity index (χ2n) is 8.44. The Labute approximate surface area is 215 Å². The molecule has 4 aromatic rings. The maximum Gasteiger partial charge on any atom is 0.248 e. The zero-order valence-electron chi connectivity index (χ0n) is 20.8. The fourth-order valence-corrected chi connectivity index (χ4v) is 3.67. The van der Waals surface area contributed by atoms with E-state index in [4.69, 9.17) is 4.74 Å². The summed E-state index contributed by atoms with van der Waals surface area (Å²) in [5, 5.41) is 20.7. The molecule has 186 valence electrons. The lowest BCUT2D eigenvalue weighted by atomic mass is 10.0. The molecule has 0 unspecified atom stereocenters. The van der Waals surface area contributed by atoms with Crippen LogP contribution in [0.25, 0.3) is 10.8 Å². The average molecular weight is 494 g/mol. The maximum absolute atomic E-state index is 12.2. The largest absolute Gasteiger partial charge is 0.495 e. The van der Waals surface area contributed by atoms with E-state index in [0.29, 0.717) is 41.0 Å². The standard InChI is InChI=1S/C28H27N7O2/c1-35(2)14-6-9-27(36)32-21-10-11-25(37-3)24(17-21)33-28-30-13-12-26(34-28)31-22-15-19-7-4-5-8-23(19)20(16-22)18-29/h4-13,15-17H,14H2,1-3H3,(H,32,36)(H2,30,31,33,34)/b9-6+. The van der Waals surface area contributed by atoms with Crippen LogP contribution in [-0.4, -0.2) is 48.5 Å². The highest BCUT2D eigenvalue weighted by molar-refractivity contribution is 5.99. The molecule has 4 rings (SSSR count). The average Bonchev–Trinajstić information content (AvgIpc) is 2.88. The van der Waals surface area contributed by atoms with Crippen molar-refractivity contribution in [1.82, 2.24) is 14.9 Å². The van der Waals surface area contributed by atoms with Crippen LogP contribution in [0.5, 0.6) is 5.75 Å². The van der Waals surface area contributed by atoms with E-state index in [1.165, 1.54) is 6.08 Å². The summed E-state index contributed by atoms with van der Waals surface area (Å²) >= 11 is 0. The van der Waals surface area contributed by atoms with Gasteiger partial charge < -0.3 is 25.6 Å².